The average Bonchev–Trinajstić information content (AvgIpc) is 2.13. The van der Waals surface area contributed by atoms with Gasteiger partial charge in [0.2, 0.25) is 0 Å². The highest BCUT2D eigenvalue weighted by atomic mass is 79.9. The maximum atomic E-state index is 4.13. The van der Waals surface area contributed by atoms with Gasteiger partial charge in [0.05, 0.1) is 11.2 Å². The lowest BCUT2D eigenvalue weighted by Gasteiger charge is -1.96. The summed E-state index contributed by atoms with van der Waals surface area (Å²) in [5, 5.41) is 0. The van der Waals surface area contributed by atoms with Crippen LogP contribution in [0.3, 0.4) is 0 Å². The van der Waals surface area contributed by atoms with Crippen LogP contribution >= 0.6 is 27.3 Å². The Bertz CT molecular complexity index is 195. The Hall–Kier alpha value is 0.110. The summed E-state index contributed by atoms with van der Waals surface area (Å²) in [6.07, 6.45) is 0. The van der Waals surface area contributed by atoms with Gasteiger partial charge in [-0.3, -0.25) is 0 Å². The standard InChI is InChI=1S/C6H8BrNS/c1-4(7)6-5(2)8-3-9-6/h3-4H,1-2H3. The predicted octanol–water partition coefficient (Wildman–Crippen LogP) is 2.91. The molecule has 1 aromatic rings. The van der Waals surface area contributed by atoms with E-state index in [1.807, 2.05) is 12.4 Å². The minimum absolute atomic E-state index is 0.449. The first-order valence-electron chi connectivity index (χ1n) is 2.76. The van der Waals surface area contributed by atoms with Gasteiger partial charge in [0.25, 0.3) is 0 Å². The van der Waals surface area contributed by atoms with Gasteiger partial charge < -0.3 is 0 Å². The largest absolute Gasteiger partial charge is 0.250 e. The molecule has 1 nitrogen and oxygen atoms in total. The van der Waals surface area contributed by atoms with Crippen LogP contribution in [0.4, 0.5) is 0 Å². The van der Waals surface area contributed by atoms with Crippen LogP contribution in [0.1, 0.15) is 22.3 Å². The molecule has 0 aromatic carbocycles. The van der Waals surface area contributed by atoms with E-state index in [4.69, 9.17) is 0 Å². The molecule has 0 fully saturated rings. The van der Waals surface area contributed by atoms with E-state index in [0.717, 1.165) is 5.69 Å². The Labute approximate surface area is 67.3 Å². The van der Waals surface area contributed by atoms with Crippen molar-refractivity contribution in [3.05, 3.63) is 16.1 Å². The summed E-state index contributed by atoms with van der Waals surface area (Å²) in [7, 11) is 0. The first-order valence-corrected chi connectivity index (χ1v) is 4.55. The van der Waals surface area contributed by atoms with Crippen molar-refractivity contribution in [1.82, 2.24) is 4.98 Å². The van der Waals surface area contributed by atoms with E-state index >= 15 is 0 Å². The summed E-state index contributed by atoms with van der Waals surface area (Å²) >= 11 is 5.18. The third kappa shape index (κ3) is 1.52. The minimum atomic E-state index is 0.449. The molecule has 1 aromatic heterocycles. The van der Waals surface area contributed by atoms with Crippen LogP contribution in [0.15, 0.2) is 5.51 Å². The van der Waals surface area contributed by atoms with Crippen LogP contribution in [-0.4, -0.2) is 4.98 Å². The van der Waals surface area contributed by atoms with Gasteiger partial charge in [-0.05, 0) is 13.8 Å². The van der Waals surface area contributed by atoms with Crippen LogP contribution in [0, 0.1) is 6.92 Å². The molecular weight excluding hydrogens is 198 g/mol. The van der Waals surface area contributed by atoms with Crippen LogP contribution < -0.4 is 0 Å². The van der Waals surface area contributed by atoms with Crippen LogP contribution in [0.5, 0.6) is 0 Å². The fourth-order valence-corrected chi connectivity index (χ4v) is 2.08. The summed E-state index contributed by atoms with van der Waals surface area (Å²) in [5.74, 6) is 0. The molecule has 0 radical (unpaired) electrons. The molecule has 1 atom stereocenters. The predicted molar refractivity (Wildman–Crippen MR) is 44.2 cm³/mol. The van der Waals surface area contributed by atoms with Crippen molar-refractivity contribution in [2.45, 2.75) is 18.7 Å². The smallest absolute Gasteiger partial charge is 0.0797 e. The number of rotatable bonds is 1. The summed E-state index contributed by atoms with van der Waals surface area (Å²) < 4.78 is 0. The molecule has 0 N–H and O–H groups in total. The molecular formula is C6H8BrNS. The Morgan fingerprint density at radius 1 is 1.78 bits per heavy atom. The fraction of sp³-hybridized carbons (Fsp3) is 0.500. The summed E-state index contributed by atoms with van der Waals surface area (Å²) in [6.45, 7) is 4.14. The van der Waals surface area contributed by atoms with E-state index in [-0.39, 0.29) is 0 Å². The van der Waals surface area contributed by atoms with Gasteiger partial charge in [-0.2, -0.15) is 0 Å². The number of hydrogen-bond acceptors (Lipinski definition) is 2. The van der Waals surface area contributed by atoms with Gasteiger partial charge in [0.1, 0.15) is 0 Å². The van der Waals surface area contributed by atoms with E-state index in [1.54, 1.807) is 11.3 Å². The van der Waals surface area contributed by atoms with Crippen LogP contribution in [0.25, 0.3) is 0 Å². The summed E-state index contributed by atoms with van der Waals surface area (Å²) in [4.78, 5) is 5.90. The van der Waals surface area contributed by atoms with Crippen molar-refractivity contribution in [1.29, 1.82) is 0 Å². The van der Waals surface area contributed by atoms with E-state index in [2.05, 4.69) is 27.8 Å². The number of halogens is 1. The lowest BCUT2D eigenvalue weighted by molar-refractivity contribution is 1.10. The molecule has 50 valence electrons. The van der Waals surface area contributed by atoms with Crippen LogP contribution in [-0.2, 0) is 0 Å². The highest BCUT2D eigenvalue weighted by Gasteiger charge is 2.05. The van der Waals surface area contributed by atoms with E-state index in [9.17, 15) is 0 Å². The molecule has 1 unspecified atom stereocenters. The van der Waals surface area contributed by atoms with Crippen molar-refractivity contribution in [2.24, 2.45) is 0 Å². The number of hydrogen-bond donors (Lipinski definition) is 0. The highest BCUT2D eigenvalue weighted by Crippen LogP contribution is 2.27. The maximum Gasteiger partial charge on any atom is 0.0797 e. The maximum absolute atomic E-state index is 4.13. The van der Waals surface area contributed by atoms with Gasteiger partial charge in [-0.1, -0.05) is 15.9 Å². The second-order valence-electron chi connectivity index (χ2n) is 1.92. The third-order valence-electron chi connectivity index (χ3n) is 1.14. The normalized spacial score (nSPS) is 13.7. The number of alkyl halides is 1. The van der Waals surface area contributed by atoms with Gasteiger partial charge >= 0.3 is 0 Å². The molecule has 0 aliphatic carbocycles. The summed E-state index contributed by atoms with van der Waals surface area (Å²) in [6, 6.07) is 0. The van der Waals surface area contributed by atoms with Crippen LogP contribution in [0.2, 0.25) is 0 Å². The topological polar surface area (TPSA) is 12.9 Å². The van der Waals surface area contributed by atoms with Crippen molar-refractivity contribution < 1.29 is 0 Å². The third-order valence-corrected chi connectivity index (χ3v) is 3.02. The van der Waals surface area contributed by atoms with Gasteiger partial charge in [0.15, 0.2) is 0 Å². The molecule has 0 aliphatic heterocycles. The lowest BCUT2D eigenvalue weighted by Crippen LogP contribution is -1.81. The molecule has 0 amide bonds. The SMILES string of the molecule is Cc1ncsc1C(C)Br. The Morgan fingerprint density at radius 2 is 2.44 bits per heavy atom. The number of nitrogens with zero attached hydrogens (tertiary/aromatic N) is 1. The number of thiazole rings is 1. The molecule has 0 spiro atoms. The molecule has 1 rings (SSSR count). The zero-order chi connectivity index (χ0) is 6.85. The fourth-order valence-electron chi connectivity index (χ4n) is 0.693. The Kier molecular flexibility index (Phi) is 2.24. The summed E-state index contributed by atoms with van der Waals surface area (Å²) in [5.41, 5.74) is 3.02. The van der Waals surface area contributed by atoms with Crippen molar-refractivity contribution in [3.8, 4) is 0 Å². The van der Waals surface area contributed by atoms with Gasteiger partial charge in [-0.15, -0.1) is 11.3 Å². The minimum Gasteiger partial charge on any atom is -0.250 e. The first kappa shape index (κ1) is 7.22. The van der Waals surface area contributed by atoms with Crippen molar-refractivity contribution in [2.75, 3.05) is 0 Å². The number of aryl methyl sites for hydroxylation is 1. The molecule has 0 bridgehead atoms. The molecule has 0 saturated heterocycles. The molecule has 1 heterocycles. The molecule has 0 saturated carbocycles. The number of aromatic nitrogens is 1. The quantitative estimate of drug-likeness (QED) is 0.643. The van der Waals surface area contributed by atoms with E-state index < -0.39 is 0 Å². The van der Waals surface area contributed by atoms with E-state index in [1.165, 1.54) is 4.88 Å². The monoisotopic (exact) mass is 205 g/mol. The van der Waals surface area contributed by atoms with Crippen molar-refractivity contribution in [3.63, 3.8) is 0 Å². The molecule has 0 aliphatic rings. The average molecular weight is 206 g/mol. The Morgan fingerprint density at radius 3 is 2.67 bits per heavy atom. The Balaban J connectivity index is 2.94. The molecule has 9 heavy (non-hydrogen) atoms. The molecule has 3 heteroatoms. The van der Waals surface area contributed by atoms with Gasteiger partial charge in [0, 0.05) is 9.70 Å². The van der Waals surface area contributed by atoms with Crippen molar-refractivity contribution >= 4 is 27.3 Å². The zero-order valence-electron chi connectivity index (χ0n) is 5.39. The van der Waals surface area contributed by atoms with Gasteiger partial charge in [-0.25, -0.2) is 4.98 Å². The second kappa shape index (κ2) is 2.80. The first-order chi connectivity index (χ1) is 4.22. The second-order valence-corrected chi connectivity index (χ2v) is 4.18. The lowest BCUT2D eigenvalue weighted by atomic mass is 10.3. The highest BCUT2D eigenvalue weighted by molar-refractivity contribution is 9.09. The zero-order valence-corrected chi connectivity index (χ0v) is 7.79. The van der Waals surface area contributed by atoms with E-state index in [0.29, 0.717) is 4.83 Å².